The molecular weight excluding hydrogens is 234 g/mol. The standard InChI is InChI=1S/C14H14ClNO/c1-16-6-4-10(5-7-16)14-13-8-12(15)3-2-11(13)9-17-14/h2-4,8-9H,5-7H2,1H3. The second-order valence-electron chi connectivity index (χ2n) is 4.54. The monoisotopic (exact) mass is 247 g/mol. The Hall–Kier alpha value is -1.25. The van der Waals surface area contributed by atoms with Crippen LogP contribution < -0.4 is 0 Å². The molecule has 0 amide bonds. The molecule has 0 N–H and O–H groups in total. The van der Waals surface area contributed by atoms with Gasteiger partial charge in [0.25, 0.3) is 0 Å². The number of halogens is 1. The summed E-state index contributed by atoms with van der Waals surface area (Å²) in [5, 5.41) is 2.99. The van der Waals surface area contributed by atoms with E-state index in [0.717, 1.165) is 41.1 Å². The molecule has 3 heteroatoms. The topological polar surface area (TPSA) is 16.4 Å². The lowest BCUT2D eigenvalue weighted by Crippen LogP contribution is -2.23. The Labute approximate surface area is 105 Å². The summed E-state index contributed by atoms with van der Waals surface area (Å²) in [5.74, 6) is 0.982. The first-order valence-corrected chi connectivity index (χ1v) is 6.16. The van der Waals surface area contributed by atoms with Crippen molar-refractivity contribution in [3.8, 4) is 0 Å². The summed E-state index contributed by atoms with van der Waals surface area (Å²) in [4.78, 5) is 2.29. The van der Waals surface area contributed by atoms with Crippen molar-refractivity contribution < 1.29 is 4.42 Å². The predicted molar refractivity (Wildman–Crippen MR) is 71.3 cm³/mol. The molecule has 0 saturated carbocycles. The second-order valence-corrected chi connectivity index (χ2v) is 4.97. The van der Waals surface area contributed by atoms with Crippen LogP contribution in [-0.2, 0) is 0 Å². The van der Waals surface area contributed by atoms with Crippen molar-refractivity contribution in [2.24, 2.45) is 0 Å². The van der Waals surface area contributed by atoms with E-state index in [1.165, 1.54) is 5.57 Å². The van der Waals surface area contributed by atoms with Gasteiger partial charge in [-0.15, -0.1) is 0 Å². The molecule has 88 valence electrons. The molecule has 0 atom stereocenters. The Morgan fingerprint density at radius 2 is 2.24 bits per heavy atom. The maximum absolute atomic E-state index is 6.04. The molecule has 17 heavy (non-hydrogen) atoms. The van der Waals surface area contributed by atoms with Gasteiger partial charge in [0.15, 0.2) is 0 Å². The summed E-state index contributed by atoms with van der Waals surface area (Å²) in [6.45, 7) is 2.06. The molecule has 0 radical (unpaired) electrons. The Kier molecular flexibility index (Phi) is 2.69. The van der Waals surface area contributed by atoms with Crippen LogP contribution >= 0.6 is 11.6 Å². The lowest BCUT2D eigenvalue weighted by molar-refractivity contribution is 0.367. The van der Waals surface area contributed by atoms with Crippen molar-refractivity contribution in [3.63, 3.8) is 0 Å². The molecule has 0 unspecified atom stereocenters. The van der Waals surface area contributed by atoms with Crippen LogP contribution in [0.3, 0.4) is 0 Å². The molecular formula is C14H14ClNO. The number of hydrogen-bond donors (Lipinski definition) is 0. The molecule has 2 aromatic rings. The molecule has 1 aliphatic rings. The second kappa shape index (κ2) is 4.21. The van der Waals surface area contributed by atoms with E-state index in [2.05, 4.69) is 18.0 Å². The third-order valence-corrected chi connectivity index (χ3v) is 3.50. The zero-order chi connectivity index (χ0) is 11.8. The fraction of sp³-hybridized carbons (Fsp3) is 0.286. The van der Waals surface area contributed by atoms with Gasteiger partial charge in [0.1, 0.15) is 5.76 Å². The van der Waals surface area contributed by atoms with Gasteiger partial charge in [0.05, 0.1) is 6.26 Å². The van der Waals surface area contributed by atoms with Gasteiger partial charge in [0.2, 0.25) is 0 Å². The van der Waals surface area contributed by atoms with Crippen LogP contribution in [0.15, 0.2) is 35.0 Å². The minimum Gasteiger partial charge on any atom is -0.463 e. The molecule has 0 saturated heterocycles. The summed E-state index contributed by atoms with van der Waals surface area (Å²) in [5.41, 5.74) is 1.29. The molecule has 0 aliphatic carbocycles. The van der Waals surface area contributed by atoms with Crippen molar-refractivity contribution in [1.29, 1.82) is 0 Å². The average Bonchev–Trinajstić information content (AvgIpc) is 2.73. The van der Waals surface area contributed by atoms with Crippen molar-refractivity contribution in [3.05, 3.63) is 41.3 Å². The van der Waals surface area contributed by atoms with E-state index in [1.807, 2.05) is 18.2 Å². The van der Waals surface area contributed by atoms with Gasteiger partial charge in [-0.25, -0.2) is 0 Å². The first kappa shape index (κ1) is 10.9. The van der Waals surface area contributed by atoms with Crippen molar-refractivity contribution >= 4 is 27.9 Å². The van der Waals surface area contributed by atoms with E-state index in [9.17, 15) is 0 Å². The van der Waals surface area contributed by atoms with Crippen LogP contribution in [0, 0.1) is 0 Å². The fourth-order valence-corrected chi connectivity index (χ4v) is 2.41. The van der Waals surface area contributed by atoms with Gasteiger partial charge in [-0.05, 0) is 37.2 Å². The number of hydrogen-bond acceptors (Lipinski definition) is 2. The smallest absolute Gasteiger partial charge is 0.137 e. The maximum atomic E-state index is 6.04. The zero-order valence-electron chi connectivity index (χ0n) is 9.74. The Morgan fingerprint density at radius 1 is 1.35 bits per heavy atom. The number of rotatable bonds is 1. The first-order valence-electron chi connectivity index (χ1n) is 5.79. The van der Waals surface area contributed by atoms with Gasteiger partial charge in [-0.1, -0.05) is 17.7 Å². The summed E-state index contributed by atoms with van der Waals surface area (Å²) in [6, 6.07) is 5.88. The van der Waals surface area contributed by atoms with Gasteiger partial charge in [0, 0.05) is 28.9 Å². The Bertz CT molecular complexity index is 585. The van der Waals surface area contributed by atoms with E-state index in [-0.39, 0.29) is 0 Å². The first-order chi connectivity index (χ1) is 8.24. The average molecular weight is 248 g/mol. The molecule has 1 aromatic carbocycles. The summed E-state index contributed by atoms with van der Waals surface area (Å²) in [6.07, 6.45) is 5.08. The van der Waals surface area contributed by atoms with Crippen LogP contribution in [0.5, 0.6) is 0 Å². The highest BCUT2D eigenvalue weighted by Gasteiger charge is 2.15. The van der Waals surface area contributed by atoms with E-state index in [1.54, 1.807) is 6.26 Å². The number of benzene rings is 1. The van der Waals surface area contributed by atoms with Crippen LogP contribution in [-0.4, -0.2) is 25.0 Å². The van der Waals surface area contributed by atoms with Crippen LogP contribution in [0.1, 0.15) is 12.2 Å². The van der Waals surface area contributed by atoms with E-state index in [4.69, 9.17) is 16.0 Å². The van der Waals surface area contributed by atoms with E-state index >= 15 is 0 Å². The SMILES string of the molecule is CN1CC=C(c2occ3ccc(Cl)cc23)CC1. The van der Waals surface area contributed by atoms with Gasteiger partial charge in [-0.3, -0.25) is 0 Å². The van der Waals surface area contributed by atoms with Gasteiger partial charge < -0.3 is 9.32 Å². The predicted octanol–water partition coefficient (Wildman–Crippen LogP) is 3.81. The summed E-state index contributed by atoms with van der Waals surface area (Å²) in [7, 11) is 2.13. The molecule has 2 heterocycles. The number of likely N-dealkylation sites (N-methyl/N-ethyl adjacent to an activating group) is 1. The normalized spacial score (nSPS) is 17.4. The van der Waals surface area contributed by atoms with Crippen LogP contribution in [0.4, 0.5) is 0 Å². The minimum absolute atomic E-state index is 0.758. The van der Waals surface area contributed by atoms with Crippen LogP contribution in [0.25, 0.3) is 16.3 Å². The van der Waals surface area contributed by atoms with Gasteiger partial charge in [-0.2, -0.15) is 0 Å². The number of furan rings is 1. The highest BCUT2D eigenvalue weighted by atomic mass is 35.5. The largest absolute Gasteiger partial charge is 0.463 e. The molecule has 2 nitrogen and oxygen atoms in total. The third kappa shape index (κ3) is 1.99. The Balaban J connectivity index is 2.08. The molecule has 1 aliphatic heterocycles. The maximum Gasteiger partial charge on any atom is 0.137 e. The minimum atomic E-state index is 0.758. The molecule has 0 fully saturated rings. The van der Waals surface area contributed by atoms with Crippen molar-refractivity contribution in [2.75, 3.05) is 20.1 Å². The lowest BCUT2D eigenvalue weighted by atomic mass is 10.0. The summed E-state index contributed by atoms with van der Waals surface area (Å²) < 4.78 is 5.70. The van der Waals surface area contributed by atoms with Crippen LogP contribution in [0.2, 0.25) is 5.02 Å². The highest BCUT2D eigenvalue weighted by Crippen LogP contribution is 2.32. The van der Waals surface area contributed by atoms with E-state index in [0.29, 0.717) is 0 Å². The lowest BCUT2D eigenvalue weighted by Gasteiger charge is -2.20. The van der Waals surface area contributed by atoms with E-state index < -0.39 is 0 Å². The molecule has 0 spiro atoms. The Morgan fingerprint density at radius 3 is 3.00 bits per heavy atom. The van der Waals surface area contributed by atoms with Gasteiger partial charge >= 0.3 is 0 Å². The third-order valence-electron chi connectivity index (χ3n) is 3.27. The molecule has 0 bridgehead atoms. The highest BCUT2D eigenvalue weighted by molar-refractivity contribution is 6.31. The molecule has 1 aromatic heterocycles. The number of nitrogens with zero attached hydrogens (tertiary/aromatic N) is 1. The van der Waals surface area contributed by atoms with Crippen molar-refractivity contribution in [1.82, 2.24) is 4.90 Å². The summed E-state index contributed by atoms with van der Waals surface area (Å²) >= 11 is 6.04. The number of fused-ring (bicyclic) bond motifs is 1. The molecule has 3 rings (SSSR count). The van der Waals surface area contributed by atoms with Crippen molar-refractivity contribution in [2.45, 2.75) is 6.42 Å². The zero-order valence-corrected chi connectivity index (χ0v) is 10.5. The fourth-order valence-electron chi connectivity index (χ4n) is 2.24. The quantitative estimate of drug-likeness (QED) is 0.762.